The van der Waals surface area contributed by atoms with Gasteiger partial charge in [-0.3, -0.25) is 4.79 Å². The summed E-state index contributed by atoms with van der Waals surface area (Å²) in [6.45, 7) is 5.26. The third-order valence-corrected chi connectivity index (χ3v) is 1.35. The average molecular weight is 188 g/mol. The van der Waals surface area contributed by atoms with E-state index >= 15 is 0 Å². The summed E-state index contributed by atoms with van der Waals surface area (Å²) in [5.41, 5.74) is 0. The summed E-state index contributed by atoms with van der Waals surface area (Å²) in [4.78, 5) is 10.6. The zero-order valence-corrected chi connectivity index (χ0v) is 8.33. The number of ketones is 1. The third kappa shape index (κ3) is 18.4. The molecule has 78 valence electrons. The molecule has 0 saturated heterocycles. The molecule has 0 fully saturated rings. The smallest absolute Gasteiger partial charge is 0.155 e. The van der Waals surface area contributed by atoms with Crippen LogP contribution in [0.25, 0.3) is 0 Å². The molecular weight excluding hydrogens is 168 g/mol. The first-order valence-corrected chi connectivity index (χ1v) is 4.59. The largest absolute Gasteiger partial charge is 0.394 e. The van der Waals surface area contributed by atoms with Crippen LogP contribution in [0.4, 0.5) is 0 Å². The fraction of sp³-hybridized carbons (Fsp3) is 0.700. The van der Waals surface area contributed by atoms with E-state index < -0.39 is 0 Å². The predicted molar refractivity (Wildman–Crippen MR) is 53.5 cm³/mol. The number of hydrogen-bond donors (Lipinski definition) is 2. The highest BCUT2D eigenvalue weighted by molar-refractivity contribution is 5.88. The van der Waals surface area contributed by atoms with Crippen molar-refractivity contribution in [3.05, 3.63) is 12.7 Å². The van der Waals surface area contributed by atoms with E-state index in [1.165, 1.54) is 12.5 Å². The van der Waals surface area contributed by atoms with Gasteiger partial charge in [-0.2, -0.15) is 0 Å². The van der Waals surface area contributed by atoms with Crippen molar-refractivity contribution in [3.8, 4) is 0 Å². The van der Waals surface area contributed by atoms with E-state index in [0.29, 0.717) is 6.42 Å². The van der Waals surface area contributed by atoms with Gasteiger partial charge in [0.25, 0.3) is 0 Å². The monoisotopic (exact) mass is 188 g/mol. The Hall–Kier alpha value is -0.670. The quantitative estimate of drug-likeness (QED) is 0.488. The summed E-state index contributed by atoms with van der Waals surface area (Å²) in [5, 5.41) is 15.2. The first-order valence-electron chi connectivity index (χ1n) is 4.59. The molecule has 0 saturated carbocycles. The molecule has 3 nitrogen and oxygen atoms in total. The molecule has 0 aliphatic carbocycles. The third-order valence-electron chi connectivity index (χ3n) is 1.35. The zero-order chi connectivity index (χ0) is 10.5. The van der Waals surface area contributed by atoms with Crippen molar-refractivity contribution in [2.24, 2.45) is 0 Å². The molecule has 0 radical (unpaired) electrons. The van der Waals surface area contributed by atoms with Crippen LogP contribution in [-0.2, 0) is 4.79 Å². The first kappa shape index (κ1) is 14.8. The molecule has 0 bridgehead atoms. The van der Waals surface area contributed by atoms with Crippen LogP contribution in [0.5, 0.6) is 0 Å². The Morgan fingerprint density at radius 3 is 2.15 bits per heavy atom. The zero-order valence-electron chi connectivity index (χ0n) is 8.33. The lowest BCUT2D eigenvalue weighted by atomic mass is 10.1. The highest BCUT2D eigenvalue weighted by Crippen LogP contribution is 1.99. The van der Waals surface area contributed by atoms with Gasteiger partial charge in [0.2, 0.25) is 0 Å². The minimum absolute atomic E-state index is 0.125. The number of carbonyl (C=O) groups is 1. The topological polar surface area (TPSA) is 57.5 Å². The summed E-state index contributed by atoms with van der Waals surface area (Å²) in [6.07, 6.45) is 5.42. The Labute approximate surface area is 80.1 Å². The van der Waals surface area contributed by atoms with Crippen LogP contribution in [0.1, 0.15) is 32.6 Å². The van der Waals surface area contributed by atoms with Crippen molar-refractivity contribution >= 4 is 5.78 Å². The number of aliphatic hydroxyl groups is 2. The predicted octanol–water partition coefficient (Wildman–Crippen LogP) is 1.29. The molecule has 0 spiro atoms. The molecule has 2 N–H and O–H groups in total. The molecule has 0 aliphatic heterocycles. The van der Waals surface area contributed by atoms with Gasteiger partial charge in [-0.15, -0.1) is 0 Å². The number of rotatable bonds is 6. The van der Waals surface area contributed by atoms with Crippen LogP contribution in [0, 0.1) is 0 Å². The van der Waals surface area contributed by atoms with Crippen molar-refractivity contribution in [3.63, 3.8) is 0 Å². The van der Waals surface area contributed by atoms with Crippen molar-refractivity contribution in [1.82, 2.24) is 0 Å². The molecule has 0 aromatic rings. The Kier molecular flexibility index (Phi) is 15.8. The van der Waals surface area contributed by atoms with Gasteiger partial charge in [0, 0.05) is 6.42 Å². The molecule has 0 atom stereocenters. The molecule has 0 aromatic heterocycles. The van der Waals surface area contributed by atoms with E-state index in [0.717, 1.165) is 12.8 Å². The van der Waals surface area contributed by atoms with Gasteiger partial charge in [0.1, 0.15) is 0 Å². The van der Waals surface area contributed by atoms with E-state index in [-0.39, 0.29) is 19.0 Å². The molecule has 0 unspecified atom stereocenters. The first-order chi connectivity index (χ1) is 6.22. The molecule has 13 heavy (non-hydrogen) atoms. The summed E-state index contributed by atoms with van der Waals surface area (Å²) >= 11 is 0. The van der Waals surface area contributed by atoms with Gasteiger partial charge in [0.15, 0.2) is 5.78 Å². The SMILES string of the molecule is C=CC(=O)CCCCC.OCCO. The van der Waals surface area contributed by atoms with E-state index in [1.807, 2.05) is 0 Å². The summed E-state index contributed by atoms with van der Waals surface area (Å²) in [6, 6.07) is 0. The van der Waals surface area contributed by atoms with Crippen LogP contribution in [-0.4, -0.2) is 29.2 Å². The molecular formula is C10H20O3. The fourth-order valence-corrected chi connectivity index (χ4v) is 0.651. The van der Waals surface area contributed by atoms with Gasteiger partial charge < -0.3 is 10.2 Å². The molecule has 0 heterocycles. The minimum atomic E-state index is -0.125. The number of allylic oxidation sites excluding steroid dienone is 1. The van der Waals surface area contributed by atoms with E-state index in [4.69, 9.17) is 10.2 Å². The van der Waals surface area contributed by atoms with Crippen molar-refractivity contribution < 1.29 is 15.0 Å². The van der Waals surface area contributed by atoms with Crippen LogP contribution < -0.4 is 0 Å². The molecule has 0 amide bonds. The van der Waals surface area contributed by atoms with Crippen LogP contribution in [0.2, 0.25) is 0 Å². The Balaban J connectivity index is 0. The average Bonchev–Trinajstić information content (AvgIpc) is 2.18. The van der Waals surface area contributed by atoms with Crippen molar-refractivity contribution in [2.75, 3.05) is 13.2 Å². The van der Waals surface area contributed by atoms with E-state index in [1.54, 1.807) is 0 Å². The van der Waals surface area contributed by atoms with Crippen molar-refractivity contribution in [2.45, 2.75) is 32.6 Å². The molecule has 3 heteroatoms. The fourth-order valence-electron chi connectivity index (χ4n) is 0.651. The maximum atomic E-state index is 10.6. The Morgan fingerprint density at radius 1 is 1.31 bits per heavy atom. The maximum Gasteiger partial charge on any atom is 0.155 e. The van der Waals surface area contributed by atoms with Crippen molar-refractivity contribution in [1.29, 1.82) is 0 Å². The highest BCUT2D eigenvalue weighted by Gasteiger charge is 1.92. The molecule has 0 rings (SSSR count). The second-order valence-corrected chi connectivity index (χ2v) is 2.57. The summed E-state index contributed by atoms with van der Waals surface area (Å²) < 4.78 is 0. The lowest BCUT2D eigenvalue weighted by Gasteiger charge is -1.91. The standard InChI is InChI=1S/C8H14O.C2H6O2/c1-3-5-6-7-8(9)4-2;3-1-2-4/h4H,2-3,5-7H2,1H3;3-4H,1-2H2. The maximum absolute atomic E-state index is 10.6. The summed E-state index contributed by atoms with van der Waals surface area (Å²) in [7, 11) is 0. The van der Waals surface area contributed by atoms with Crippen LogP contribution in [0.15, 0.2) is 12.7 Å². The number of carbonyl (C=O) groups excluding carboxylic acids is 1. The van der Waals surface area contributed by atoms with Crippen LogP contribution in [0.3, 0.4) is 0 Å². The van der Waals surface area contributed by atoms with Gasteiger partial charge in [-0.25, -0.2) is 0 Å². The second kappa shape index (κ2) is 13.9. The van der Waals surface area contributed by atoms with E-state index in [9.17, 15) is 4.79 Å². The Bertz CT molecular complexity index is 119. The number of hydrogen-bond acceptors (Lipinski definition) is 3. The lowest BCUT2D eigenvalue weighted by Crippen LogP contribution is -1.90. The van der Waals surface area contributed by atoms with Gasteiger partial charge in [-0.1, -0.05) is 26.3 Å². The van der Waals surface area contributed by atoms with Gasteiger partial charge in [0.05, 0.1) is 13.2 Å². The summed E-state index contributed by atoms with van der Waals surface area (Å²) in [5.74, 6) is 0.170. The minimum Gasteiger partial charge on any atom is -0.394 e. The highest BCUT2D eigenvalue weighted by atomic mass is 16.3. The molecule has 0 aromatic carbocycles. The van der Waals surface area contributed by atoms with Gasteiger partial charge in [-0.05, 0) is 12.5 Å². The molecule has 0 aliphatic rings. The second-order valence-electron chi connectivity index (χ2n) is 2.57. The van der Waals surface area contributed by atoms with Gasteiger partial charge >= 0.3 is 0 Å². The Morgan fingerprint density at radius 2 is 1.85 bits per heavy atom. The van der Waals surface area contributed by atoms with E-state index in [2.05, 4.69) is 13.5 Å². The van der Waals surface area contributed by atoms with Crippen LogP contribution >= 0.6 is 0 Å². The number of aliphatic hydroxyl groups excluding tert-OH is 2. The normalized spacial score (nSPS) is 8.54. The number of unbranched alkanes of at least 4 members (excludes halogenated alkanes) is 2. The lowest BCUT2D eigenvalue weighted by molar-refractivity contribution is -0.114.